The second kappa shape index (κ2) is 6.99. The lowest BCUT2D eigenvalue weighted by molar-refractivity contribution is 0.0526. The zero-order valence-electron chi connectivity index (χ0n) is 12.5. The molecular weight excluding hydrogens is 268 g/mol. The molecule has 0 saturated heterocycles. The molecule has 6 heteroatoms. The number of ether oxygens (including phenoxy) is 1. The standard InChI is InChI=1S/C15H20N4O2/c1-4-16-11(3)12-6-7-17-14(8-12)19-10-13(9-18-19)15(20)21-5-2/h6-11,16H,4-5H2,1-3H3. The summed E-state index contributed by atoms with van der Waals surface area (Å²) in [6.07, 6.45) is 4.85. The first-order valence-corrected chi connectivity index (χ1v) is 7.07. The third-order valence-electron chi connectivity index (χ3n) is 3.11. The Morgan fingerprint density at radius 2 is 2.29 bits per heavy atom. The number of esters is 1. The number of carbonyl (C=O) groups excluding carboxylic acids is 1. The number of pyridine rings is 1. The zero-order valence-corrected chi connectivity index (χ0v) is 12.5. The van der Waals surface area contributed by atoms with Crippen LogP contribution in [0.25, 0.3) is 5.82 Å². The lowest BCUT2D eigenvalue weighted by Gasteiger charge is -2.13. The Bertz CT molecular complexity index is 609. The van der Waals surface area contributed by atoms with Gasteiger partial charge in [0, 0.05) is 18.4 Å². The van der Waals surface area contributed by atoms with Gasteiger partial charge in [0.15, 0.2) is 5.82 Å². The molecule has 1 atom stereocenters. The summed E-state index contributed by atoms with van der Waals surface area (Å²) in [5.41, 5.74) is 1.54. The van der Waals surface area contributed by atoms with Crippen molar-refractivity contribution in [3.8, 4) is 5.82 Å². The molecule has 1 unspecified atom stereocenters. The summed E-state index contributed by atoms with van der Waals surface area (Å²) in [6.45, 7) is 7.18. The highest BCUT2D eigenvalue weighted by atomic mass is 16.5. The number of hydrogen-bond donors (Lipinski definition) is 1. The number of hydrogen-bond acceptors (Lipinski definition) is 5. The first kappa shape index (κ1) is 15.2. The average Bonchev–Trinajstić information content (AvgIpc) is 2.98. The van der Waals surface area contributed by atoms with E-state index in [9.17, 15) is 4.79 Å². The molecule has 2 aromatic heterocycles. The van der Waals surface area contributed by atoms with Crippen LogP contribution in [0.5, 0.6) is 0 Å². The number of rotatable bonds is 6. The molecule has 2 heterocycles. The maximum absolute atomic E-state index is 11.6. The Balaban J connectivity index is 2.22. The monoisotopic (exact) mass is 288 g/mol. The lowest BCUT2D eigenvalue weighted by Crippen LogP contribution is -2.18. The summed E-state index contributed by atoms with van der Waals surface area (Å²) in [4.78, 5) is 15.9. The number of nitrogens with one attached hydrogen (secondary N) is 1. The van der Waals surface area contributed by atoms with Gasteiger partial charge in [-0.1, -0.05) is 6.92 Å². The van der Waals surface area contributed by atoms with Crippen molar-refractivity contribution in [2.45, 2.75) is 26.8 Å². The third-order valence-corrected chi connectivity index (χ3v) is 3.11. The van der Waals surface area contributed by atoms with E-state index in [1.165, 1.54) is 6.20 Å². The van der Waals surface area contributed by atoms with Crippen LogP contribution in [0.2, 0.25) is 0 Å². The highest BCUT2D eigenvalue weighted by molar-refractivity contribution is 5.88. The van der Waals surface area contributed by atoms with Crippen LogP contribution in [-0.4, -0.2) is 33.9 Å². The zero-order chi connectivity index (χ0) is 15.2. The molecule has 0 aliphatic carbocycles. The first-order valence-electron chi connectivity index (χ1n) is 7.07. The van der Waals surface area contributed by atoms with Gasteiger partial charge >= 0.3 is 5.97 Å². The average molecular weight is 288 g/mol. The van der Waals surface area contributed by atoms with Crippen molar-refractivity contribution in [3.63, 3.8) is 0 Å². The molecule has 21 heavy (non-hydrogen) atoms. The van der Waals surface area contributed by atoms with E-state index in [0.717, 1.165) is 12.1 Å². The van der Waals surface area contributed by atoms with Crippen LogP contribution in [-0.2, 0) is 4.74 Å². The summed E-state index contributed by atoms with van der Waals surface area (Å²) in [5, 5.41) is 7.52. The fourth-order valence-corrected chi connectivity index (χ4v) is 2.02. The van der Waals surface area contributed by atoms with Crippen LogP contribution in [0, 0.1) is 0 Å². The SMILES string of the molecule is CCNC(C)c1ccnc(-n2cc(C(=O)OCC)cn2)c1. The van der Waals surface area contributed by atoms with Crippen molar-refractivity contribution in [2.24, 2.45) is 0 Å². The highest BCUT2D eigenvalue weighted by Crippen LogP contribution is 2.15. The van der Waals surface area contributed by atoms with Crippen molar-refractivity contribution in [1.82, 2.24) is 20.1 Å². The van der Waals surface area contributed by atoms with Crippen molar-refractivity contribution in [2.75, 3.05) is 13.2 Å². The molecule has 2 rings (SSSR count). The van der Waals surface area contributed by atoms with Crippen molar-refractivity contribution >= 4 is 5.97 Å². The maximum atomic E-state index is 11.6. The van der Waals surface area contributed by atoms with E-state index in [2.05, 4.69) is 29.2 Å². The number of aromatic nitrogens is 3. The van der Waals surface area contributed by atoms with Gasteiger partial charge in [0.05, 0.1) is 18.4 Å². The fraction of sp³-hybridized carbons (Fsp3) is 0.400. The molecule has 6 nitrogen and oxygen atoms in total. The van der Waals surface area contributed by atoms with Gasteiger partial charge in [-0.2, -0.15) is 5.10 Å². The quantitative estimate of drug-likeness (QED) is 0.824. The van der Waals surface area contributed by atoms with Crippen LogP contribution in [0.4, 0.5) is 0 Å². The summed E-state index contributed by atoms with van der Waals surface area (Å²) < 4.78 is 6.53. The molecule has 0 spiro atoms. The van der Waals surface area contributed by atoms with Crippen molar-refractivity contribution in [3.05, 3.63) is 41.9 Å². The number of nitrogens with zero attached hydrogens (tertiary/aromatic N) is 3. The van der Waals surface area contributed by atoms with Crippen LogP contribution in [0.15, 0.2) is 30.7 Å². The van der Waals surface area contributed by atoms with Crippen LogP contribution >= 0.6 is 0 Å². The largest absolute Gasteiger partial charge is 0.462 e. The van der Waals surface area contributed by atoms with Crippen LogP contribution < -0.4 is 5.32 Å². The van der Waals surface area contributed by atoms with E-state index in [1.54, 1.807) is 24.0 Å². The Morgan fingerprint density at radius 1 is 1.48 bits per heavy atom. The topological polar surface area (TPSA) is 69.0 Å². The highest BCUT2D eigenvalue weighted by Gasteiger charge is 2.11. The van der Waals surface area contributed by atoms with E-state index < -0.39 is 0 Å². The molecular formula is C15H20N4O2. The Hall–Kier alpha value is -2.21. The van der Waals surface area contributed by atoms with Gasteiger partial charge in [-0.3, -0.25) is 0 Å². The van der Waals surface area contributed by atoms with E-state index in [0.29, 0.717) is 18.0 Å². The Labute approximate surface area is 124 Å². The molecule has 0 saturated carbocycles. The van der Waals surface area contributed by atoms with Crippen molar-refractivity contribution < 1.29 is 9.53 Å². The molecule has 0 aromatic carbocycles. The van der Waals surface area contributed by atoms with Gasteiger partial charge < -0.3 is 10.1 Å². The maximum Gasteiger partial charge on any atom is 0.341 e. The molecule has 2 aromatic rings. The summed E-state index contributed by atoms with van der Waals surface area (Å²) >= 11 is 0. The van der Waals surface area contributed by atoms with Crippen LogP contribution in [0.1, 0.15) is 42.7 Å². The van der Waals surface area contributed by atoms with E-state index in [4.69, 9.17) is 4.74 Å². The van der Waals surface area contributed by atoms with Crippen molar-refractivity contribution in [1.29, 1.82) is 0 Å². The van der Waals surface area contributed by atoms with Gasteiger partial charge in [-0.15, -0.1) is 0 Å². The van der Waals surface area contributed by atoms with Gasteiger partial charge in [0.2, 0.25) is 0 Å². The normalized spacial score (nSPS) is 12.1. The van der Waals surface area contributed by atoms with Gasteiger partial charge in [-0.25, -0.2) is 14.5 Å². The summed E-state index contributed by atoms with van der Waals surface area (Å²) in [5.74, 6) is 0.300. The van der Waals surface area contributed by atoms with Gasteiger partial charge in [0.25, 0.3) is 0 Å². The molecule has 0 aliphatic rings. The third kappa shape index (κ3) is 3.66. The second-order valence-electron chi connectivity index (χ2n) is 4.62. The molecule has 0 bridgehead atoms. The molecule has 1 N–H and O–H groups in total. The number of carbonyl (C=O) groups is 1. The Morgan fingerprint density at radius 3 is 3.00 bits per heavy atom. The molecule has 0 fully saturated rings. The smallest absolute Gasteiger partial charge is 0.341 e. The predicted molar refractivity (Wildman–Crippen MR) is 79.4 cm³/mol. The Kier molecular flexibility index (Phi) is 5.05. The minimum atomic E-state index is -0.374. The second-order valence-corrected chi connectivity index (χ2v) is 4.62. The summed E-state index contributed by atoms with van der Waals surface area (Å²) in [6, 6.07) is 4.15. The molecule has 112 valence electrons. The van der Waals surface area contributed by atoms with Crippen LogP contribution in [0.3, 0.4) is 0 Å². The summed E-state index contributed by atoms with van der Waals surface area (Å²) in [7, 11) is 0. The predicted octanol–water partition coefficient (Wildman–Crippen LogP) is 2.11. The fourth-order valence-electron chi connectivity index (χ4n) is 2.02. The lowest BCUT2D eigenvalue weighted by atomic mass is 10.1. The van der Waals surface area contributed by atoms with E-state index in [-0.39, 0.29) is 12.0 Å². The minimum Gasteiger partial charge on any atom is -0.462 e. The molecule has 0 aliphatic heterocycles. The van der Waals surface area contributed by atoms with Gasteiger partial charge in [0.1, 0.15) is 0 Å². The van der Waals surface area contributed by atoms with Gasteiger partial charge in [-0.05, 0) is 38.1 Å². The van der Waals surface area contributed by atoms with E-state index >= 15 is 0 Å². The van der Waals surface area contributed by atoms with E-state index in [1.807, 2.05) is 12.1 Å². The molecule has 0 radical (unpaired) electrons. The molecule has 0 amide bonds. The minimum absolute atomic E-state index is 0.233. The first-order chi connectivity index (χ1) is 10.2.